The summed E-state index contributed by atoms with van der Waals surface area (Å²) in [4.78, 5) is 12.2. The quantitative estimate of drug-likeness (QED) is 0.773. The third-order valence-electron chi connectivity index (χ3n) is 5.35. The minimum atomic E-state index is -3.12. The van der Waals surface area contributed by atoms with Gasteiger partial charge in [0.05, 0.1) is 17.0 Å². The van der Waals surface area contributed by atoms with Crippen LogP contribution in [0.4, 0.5) is 0 Å². The van der Waals surface area contributed by atoms with Gasteiger partial charge in [0, 0.05) is 31.6 Å². The van der Waals surface area contributed by atoms with Crippen LogP contribution < -0.4 is 0 Å². The number of imidazole rings is 1. The predicted octanol–water partition coefficient (Wildman–Crippen LogP) is 2.38. The first-order valence-corrected chi connectivity index (χ1v) is 10.3. The van der Waals surface area contributed by atoms with E-state index in [1.165, 1.54) is 4.31 Å². The van der Waals surface area contributed by atoms with Gasteiger partial charge < -0.3 is 4.98 Å². The molecular formula is C17H23N5O2S. The fourth-order valence-electron chi connectivity index (χ4n) is 3.87. The van der Waals surface area contributed by atoms with Crippen LogP contribution in [0.2, 0.25) is 0 Å². The highest BCUT2D eigenvalue weighted by atomic mass is 32.2. The lowest BCUT2D eigenvalue weighted by Gasteiger charge is -2.28. The smallest absolute Gasteiger partial charge is 0.213 e. The summed E-state index contributed by atoms with van der Waals surface area (Å²) in [6.45, 7) is 0. The van der Waals surface area contributed by atoms with Crippen LogP contribution in [0.25, 0.3) is 16.6 Å². The number of fused-ring (bicyclic) bond motifs is 3. The van der Waals surface area contributed by atoms with E-state index in [9.17, 15) is 8.42 Å². The van der Waals surface area contributed by atoms with Gasteiger partial charge in [0.1, 0.15) is 18.3 Å². The standard InChI is InChI=1S/C17H23N5O2S/c1-21(2)25(23,24)9-12-3-5-13(6-4-12)15-16-14-7-8-18-17(14)20-11-22(16)10-19-15/h7-8,10-13,18H,3-6,9H2,1-2H3. The molecular weight excluding hydrogens is 338 g/mol. The zero-order valence-corrected chi connectivity index (χ0v) is 15.3. The van der Waals surface area contributed by atoms with Crippen molar-refractivity contribution >= 4 is 26.6 Å². The second-order valence-corrected chi connectivity index (χ2v) is 9.38. The molecule has 0 spiro atoms. The van der Waals surface area contributed by atoms with Crippen LogP contribution in [0.3, 0.4) is 0 Å². The molecule has 1 N–H and O–H groups in total. The van der Waals surface area contributed by atoms with E-state index in [4.69, 9.17) is 0 Å². The summed E-state index contributed by atoms with van der Waals surface area (Å²) in [7, 11) is 0.0872. The summed E-state index contributed by atoms with van der Waals surface area (Å²) >= 11 is 0. The van der Waals surface area contributed by atoms with Crippen molar-refractivity contribution < 1.29 is 8.42 Å². The van der Waals surface area contributed by atoms with Gasteiger partial charge in [-0.15, -0.1) is 0 Å². The molecule has 134 valence electrons. The summed E-state index contributed by atoms with van der Waals surface area (Å²) in [6, 6.07) is 2.04. The minimum Gasteiger partial charge on any atom is -0.346 e. The lowest BCUT2D eigenvalue weighted by Crippen LogP contribution is -2.30. The lowest BCUT2D eigenvalue weighted by molar-refractivity contribution is 0.343. The first kappa shape index (κ1) is 16.5. The largest absolute Gasteiger partial charge is 0.346 e. The van der Waals surface area contributed by atoms with Gasteiger partial charge in [0.15, 0.2) is 0 Å². The lowest BCUT2D eigenvalue weighted by atomic mass is 9.81. The molecule has 1 saturated carbocycles. The molecule has 1 aliphatic carbocycles. The fraction of sp³-hybridized carbons (Fsp3) is 0.529. The number of aromatic nitrogens is 4. The van der Waals surface area contributed by atoms with Crippen molar-refractivity contribution in [2.24, 2.45) is 5.92 Å². The number of nitrogens with zero attached hydrogens (tertiary/aromatic N) is 4. The number of H-pyrrole nitrogens is 1. The van der Waals surface area contributed by atoms with Crippen LogP contribution in [0.5, 0.6) is 0 Å². The molecule has 3 aromatic rings. The van der Waals surface area contributed by atoms with Gasteiger partial charge in [0.25, 0.3) is 0 Å². The summed E-state index contributed by atoms with van der Waals surface area (Å²) in [5.74, 6) is 0.873. The Hall–Kier alpha value is -1.93. The Morgan fingerprint density at radius 1 is 1.20 bits per heavy atom. The van der Waals surface area contributed by atoms with Crippen LogP contribution >= 0.6 is 0 Å². The van der Waals surface area contributed by atoms with E-state index >= 15 is 0 Å². The van der Waals surface area contributed by atoms with Gasteiger partial charge in [-0.3, -0.25) is 4.40 Å². The third kappa shape index (κ3) is 2.93. The molecule has 1 fully saturated rings. The van der Waals surface area contributed by atoms with Crippen molar-refractivity contribution in [1.29, 1.82) is 0 Å². The van der Waals surface area contributed by atoms with Gasteiger partial charge in [-0.2, -0.15) is 0 Å². The summed E-state index contributed by atoms with van der Waals surface area (Å²) in [5.41, 5.74) is 3.11. The van der Waals surface area contributed by atoms with Gasteiger partial charge in [-0.1, -0.05) is 0 Å². The van der Waals surface area contributed by atoms with Crippen molar-refractivity contribution in [3.05, 3.63) is 30.6 Å². The van der Waals surface area contributed by atoms with Crippen molar-refractivity contribution in [2.45, 2.75) is 31.6 Å². The molecule has 3 aromatic heterocycles. The normalized spacial score (nSPS) is 22.2. The molecule has 7 nitrogen and oxygen atoms in total. The monoisotopic (exact) mass is 361 g/mol. The highest BCUT2D eigenvalue weighted by Gasteiger charge is 2.29. The molecule has 1 aliphatic rings. The zero-order chi connectivity index (χ0) is 17.6. The van der Waals surface area contributed by atoms with E-state index in [0.29, 0.717) is 5.92 Å². The summed E-state index contributed by atoms with van der Waals surface area (Å²) < 4.78 is 27.5. The molecule has 0 saturated heterocycles. The Kier molecular flexibility index (Phi) is 4.04. The Morgan fingerprint density at radius 2 is 1.92 bits per heavy atom. The van der Waals surface area contributed by atoms with Gasteiger partial charge in [-0.05, 0) is 37.7 Å². The highest BCUT2D eigenvalue weighted by molar-refractivity contribution is 7.89. The zero-order valence-electron chi connectivity index (χ0n) is 14.5. The number of nitrogens with one attached hydrogen (secondary N) is 1. The molecule has 0 bridgehead atoms. The van der Waals surface area contributed by atoms with Gasteiger partial charge in [0.2, 0.25) is 10.0 Å². The van der Waals surface area contributed by atoms with Crippen LogP contribution in [-0.4, -0.2) is 51.9 Å². The second kappa shape index (κ2) is 6.10. The van der Waals surface area contributed by atoms with Crippen LogP contribution in [0, 0.1) is 5.92 Å². The van der Waals surface area contributed by atoms with Crippen molar-refractivity contribution in [3.8, 4) is 0 Å². The number of aromatic amines is 1. The Labute approximate surface area is 147 Å². The van der Waals surface area contributed by atoms with E-state index in [1.54, 1.807) is 20.4 Å². The molecule has 4 rings (SSSR count). The van der Waals surface area contributed by atoms with E-state index in [0.717, 1.165) is 47.9 Å². The average molecular weight is 361 g/mol. The van der Waals surface area contributed by atoms with E-state index in [2.05, 4.69) is 15.0 Å². The summed E-state index contributed by atoms with van der Waals surface area (Å²) in [6.07, 6.45) is 9.34. The molecule has 8 heteroatoms. The minimum absolute atomic E-state index is 0.242. The Balaban J connectivity index is 1.55. The number of rotatable bonds is 4. The maximum Gasteiger partial charge on any atom is 0.213 e. The second-order valence-electron chi connectivity index (χ2n) is 7.15. The maximum absolute atomic E-state index is 12.1. The van der Waals surface area contributed by atoms with E-state index < -0.39 is 10.0 Å². The first-order valence-electron chi connectivity index (χ1n) is 8.64. The molecule has 0 atom stereocenters. The van der Waals surface area contributed by atoms with Crippen LogP contribution in [0.15, 0.2) is 24.9 Å². The van der Waals surface area contributed by atoms with E-state index in [-0.39, 0.29) is 11.7 Å². The number of hydrogen-bond donors (Lipinski definition) is 1. The van der Waals surface area contributed by atoms with Crippen molar-refractivity contribution in [3.63, 3.8) is 0 Å². The number of sulfonamides is 1. The molecule has 0 amide bonds. The molecule has 0 aromatic carbocycles. The Morgan fingerprint density at radius 3 is 2.64 bits per heavy atom. The van der Waals surface area contributed by atoms with Crippen molar-refractivity contribution in [2.75, 3.05) is 19.8 Å². The molecule has 25 heavy (non-hydrogen) atoms. The van der Waals surface area contributed by atoms with Gasteiger partial charge in [-0.25, -0.2) is 22.7 Å². The predicted molar refractivity (Wildman–Crippen MR) is 97.0 cm³/mol. The van der Waals surface area contributed by atoms with Crippen LogP contribution in [-0.2, 0) is 10.0 Å². The van der Waals surface area contributed by atoms with E-state index in [1.807, 2.05) is 23.0 Å². The van der Waals surface area contributed by atoms with Crippen LogP contribution in [0.1, 0.15) is 37.3 Å². The summed E-state index contributed by atoms with van der Waals surface area (Å²) in [5, 5.41) is 1.09. The molecule has 3 heterocycles. The third-order valence-corrected chi connectivity index (χ3v) is 7.36. The Bertz CT molecular complexity index is 997. The molecule has 0 aliphatic heterocycles. The highest BCUT2D eigenvalue weighted by Crippen LogP contribution is 2.38. The fourth-order valence-corrected chi connectivity index (χ4v) is 5.09. The maximum atomic E-state index is 12.1. The van der Waals surface area contributed by atoms with Crippen molar-refractivity contribution in [1.82, 2.24) is 23.7 Å². The molecule has 0 radical (unpaired) electrons. The average Bonchev–Trinajstić information content (AvgIpc) is 3.21. The molecule has 0 unspecified atom stereocenters. The topological polar surface area (TPSA) is 83.4 Å². The first-order chi connectivity index (χ1) is 12.0. The number of hydrogen-bond acceptors (Lipinski definition) is 4. The van der Waals surface area contributed by atoms with Gasteiger partial charge >= 0.3 is 0 Å². The SMILES string of the molecule is CN(C)S(=O)(=O)CC1CCC(c2ncn3cnc4[nH]ccc4c23)CC1.